The second-order valence-electron chi connectivity index (χ2n) is 9.06. The molecule has 0 radical (unpaired) electrons. The lowest BCUT2D eigenvalue weighted by atomic mass is 9.91. The molecule has 0 bridgehead atoms. The first kappa shape index (κ1) is 24.9. The Morgan fingerprint density at radius 3 is 2.28 bits per heavy atom. The molecule has 2 aromatic rings. The standard InChI is InChI=1S/C20H29Cl3N2O2SSi/c1-20(2,3)18-16(26-4)19(24-25(18)12-27-10-11-29(5,6)7)28-17-14(22)9-8-13(21)15(17)23/h8-9H,10-12H2,1-7H3. The molecular weight excluding hydrogens is 467 g/mol. The van der Waals surface area contributed by atoms with Gasteiger partial charge < -0.3 is 9.47 Å². The van der Waals surface area contributed by atoms with Gasteiger partial charge in [-0.05, 0) is 18.2 Å². The lowest BCUT2D eigenvalue weighted by Gasteiger charge is -2.22. The first-order valence-electron chi connectivity index (χ1n) is 9.39. The van der Waals surface area contributed by atoms with Crippen LogP contribution in [0.4, 0.5) is 0 Å². The van der Waals surface area contributed by atoms with E-state index < -0.39 is 8.07 Å². The number of methoxy groups -OCH3 is 1. The third-order valence-corrected chi connectivity index (χ3v) is 8.34. The summed E-state index contributed by atoms with van der Waals surface area (Å²) < 4.78 is 13.6. The Balaban J connectivity index is 2.39. The second kappa shape index (κ2) is 9.84. The van der Waals surface area contributed by atoms with Crippen molar-refractivity contribution in [2.75, 3.05) is 13.7 Å². The molecule has 0 aliphatic carbocycles. The van der Waals surface area contributed by atoms with Crippen molar-refractivity contribution < 1.29 is 9.47 Å². The summed E-state index contributed by atoms with van der Waals surface area (Å²) in [6.45, 7) is 14.5. The second-order valence-corrected chi connectivity index (χ2v) is 16.9. The van der Waals surface area contributed by atoms with Crippen LogP contribution in [-0.2, 0) is 16.9 Å². The highest BCUT2D eigenvalue weighted by molar-refractivity contribution is 7.99. The van der Waals surface area contributed by atoms with E-state index in [1.165, 1.54) is 11.8 Å². The maximum absolute atomic E-state index is 6.39. The van der Waals surface area contributed by atoms with Crippen molar-refractivity contribution in [3.63, 3.8) is 0 Å². The van der Waals surface area contributed by atoms with E-state index in [-0.39, 0.29) is 5.41 Å². The first-order chi connectivity index (χ1) is 13.3. The summed E-state index contributed by atoms with van der Waals surface area (Å²) >= 11 is 20.3. The molecule has 4 nitrogen and oxygen atoms in total. The smallest absolute Gasteiger partial charge is 0.174 e. The molecule has 0 saturated heterocycles. The van der Waals surface area contributed by atoms with Gasteiger partial charge in [0.15, 0.2) is 10.8 Å². The Labute approximate surface area is 194 Å². The van der Waals surface area contributed by atoms with Gasteiger partial charge >= 0.3 is 0 Å². The maximum atomic E-state index is 6.39. The van der Waals surface area contributed by atoms with Gasteiger partial charge in [0.2, 0.25) is 0 Å². The van der Waals surface area contributed by atoms with Gasteiger partial charge in [-0.25, -0.2) is 4.68 Å². The molecule has 0 atom stereocenters. The molecule has 0 aliphatic rings. The fraction of sp³-hybridized carbons (Fsp3) is 0.550. The molecule has 162 valence electrons. The highest BCUT2D eigenvalue weighted by Gasteiger charge is 2.30. The van der Waals surface area contributed by atoms with Crippen LogP contribution in [-0.4, -0.2) is 31.6 Å². The molecule has 9 heteroatoms. The minimum absolute atomic E-state index is 0.193. The van der Waals surface area contributed by atoms with Gasteiger partial charge in [0.05, 0.1) is 32.8 Å². The van der Waals surface area contributed by atoms with E-state index in [2.05, 4.69) is 40.4 Å². The van der Waals surface area contributed by atoms with Crippen LogP contribution in [0.3, 0.4) is 0 Å². The predicted octanol–water partition coefficient (Wildman–Crippen LogP) is 7.61. The predicted molar refractivity (Wildman–Crippen MR) is 127 cm³/mol. The van der Waals surface area contributed by atoms with Crippen LogP contribution in [0.25, 0.3) is 0 Å². The summed E-state index contributed by atoms with van der Waals surface area (Å²) in [5.41, 5.74) is 0.770. The van der Waals surface area contributed by atoms with Crippen LogP contribution in [0.1, 0.15) is 26.5 Å². The molecule has 0 spiro atoms. The van der Waals surface area contributed by atoms with E-state index in [0.717, 1.165) is 18.3 Å². The number of aromatic nitrogens is 2. The summed E-state index contributed by atoms with van der Waals surface area (Å²) in [4.78, 5) is 0.656. The molecule has 0 aliphatic heterocycles. The Kier molecular flexibility index (Phi) is 8.44. The van der Waals surface area contributed by atoms with Gasteiger partial charge in [0.1, 0.15) is 6.73 Å². The Hall–Kier alpha value is -0.373. The van der Waals surface area contributed by atoms with Crippen LogP contribution in [0.15, 0.2) is 22.1 Å². The van der Waals surface area contributed by atoms with Gasteiger partial charge in [-0.3, -0.25) is 0 Å². The Morgan fingerprint density at radius 1 is 1.10 bits per heavy atom. The minimum Gasteiger partial charge on any atom is -0.492 e. The molecule has 1 aromatic carbocycles. The van der Waals surface area contributed by atoms with Gasteiger partial charge in [-0.2, -0.15) is 5.10 Å². The highest BCUT2D eigenvalue weighted by Crippen LogP contribution is 2.46. The van der Waals surface area contributed by atoms with Crippen LogP contribution in [0.2, 0.25) is 40.8 Å². The molecule has 2 rings (SSSR count). The van der Waals surface area contributed by atoms with E-state index in [4.69, 9.17) is 49.4 Å². The number of hydrogen-bond acceptors (Lipinski definition) is 4. The number of ether oxygens (including phenoxy) is 2. The zero-order chi connectivity index (χ0) is 22.0. The van der Waals surface area contributed by atoms with Crippen molar-refractivity contribution in [1.82, 2.24) is 9.78 Å². The fourth-order valence-electron chi connectivity index (χ4n) is 2.72. The largest absolute Gasteiger partial charge is 0.492 e. The Bertz CT molecular complexity index is 861. The van der Waals surface area contributed by atoms with Crippen molar-refractivity contribution in [3.05, 3.63) is 32.9 Å². The zero-order valence-electron chi connectivity index (χ0n) is 18.0. The number of halogens is 3. The van der Waals surface area contributed by atoms with E-state index >= 15 is 0 Å². The van der Waals surface area contributed by atoms with Gasteiger partial charge in [0.25, 0.3) is 0 Å². The Morgan fingerprint density at radius 2 is 1.72 bits per heavy atom. The van der Waals surface area contributed by atoms with Crippen molar-refractivity contribution in [2.45, 2.75) is 68.5 Å². The summed E-state index contributed by atoms with van der Waals surface area (Å²) in [7, 11) is 0.494. The van der Waals surface area contributed by atoms with E-state index in [1.54, 1.807) is 19.2 Å². The lowest BCUT2D eigenvalue weighted by Crippen LogP contribution is -2.23. The molecule has 0 unspecified atom stereocenters. The SMILES string of the molecule is COc1c(Sc2c(Cl)ccc(Cl)c2Cl)nn(COCC[Si](C)(C)C)c1C(C)(C)C. The fourth-order valence-corrected chi connectivity index (χ4v) is 5.27. The van der Waals surface area contributed by atoms with Gasteiger partial charge in [-0.1, -0.05) is 87.0 Å². The summed E-state index contributed by atoms with van der Waals surface area (Å²) in [6, 6.07) is 4.51. The summed E-state index contributed by atoms with van der Waals surface area (Å²) in [5, 5.41) is 6.82. The number of benzene rings is 1. The van der Waals surface area contributed by atoms with Gasteiger partial charge in [-0.15, -0.1) is 0 Å². The average molecular weight is 496 g/mol. The van der Waals surface area contributed by atoms with E-state index in [0.29, 0.717) is 37.5 Å². The third kappa shape index (κ3) is 6.55. The zero-order valence-corrected chi connectivity index (χ0v) is 22.1. The molecular formula is C20H29Cl3N2O2SSi. The van der Waals surface area contributed by atoms with Crippen molar-refractivity contribution in [3.8, 4) is 5.75 Å². The molecule has 0 saturated carbocycles. The van der Waals surface area contributed by atoms with Crippen LogP contribution in [0, 0.1) is 0 Å². The topological polar surface area (TPSA) is 36.3 Å². The quantitative estimate of drug-likeness (QED) is 0.214. The minimum atomic E-state index is -1.15. The summed E-state index contributed by atoms with van der Waals surface area (Å²) in [6.07, 6.45) is 0. The molecule has 29 heavy (non-hydrogen) atoms. The van der Waals surface area contributed by atoms with Crippen LogP contribution >= 0.6 is 46.6 Å². The molecule has 0 N–H and O–H groups in total. The average Bonchev–Trinajstić information content (AvgIpc) is 2.96. The van der Waals surface area contributed by atoms with Crippen molar-refractivity contribution in [2.24, 2.45) is 0 Å². The van der Waals surface area contributed by atoms with Crippen LogP contribution < -0.4 is 4.74 Å². The van der Waals surface area contributed by atoms with Crippen LogP contribution in [0.5, 0.6) is 5.75 Å². The molecule has 0 fully saturated rings. The lowest BCUT2D eigenvalue weighted by molar-refractivity contribution is 0.0734. The summed E-state index contributed by atoms with van der Waals surface area (Å²) in [5.74, 6) is 0.698. The van der Waals surface area contributed by atoms with Crippen molar-refractivity contribution in [1.29, 1.82) is 0 Å². The molecule has 1 aromatic heterocycles. The number of rotatable bonds is 8. The van der Waals surface area contributed by atoms with Crippen molar-refractivity contribution >= 4 is 54.6 Å². The van der Waals surface area contributed by atoms with Gasteiger partial charge in [0, 0.05) is 20.1 Å². The molecule has 1 heterocycles. The third-order valence-electron chi connectivity index (χ3n) is 4.20. The number of nitrogens with zero attached hydrogens (tertiary/aromatic N) is 2. The highest BCUT2D eigenvalue weighted by atomic mass is 35.5. The normalized spacial score (nSPS) is 12.5. The van der Waals surface area contributed by atoms with E-state index in [1.807, 2.05) is 4.68 Å². The monoisotopic (exact) mass is 494 g/mol. The maximum Gasteiger partial charge on any atom is 0.174 e. The first-order valence-corrected chi connectivity index (χ1v) is 15.1. The van der Waals surface area contributed by atoms with E-state index in [9.17, 15) is 0 Å². The number of hydrogen-bond donors (Lipinski definition) is 0. The molecule has 0 amide bonds.